The number of carbonyl (C=O) groups excluding carboxylic acids is 1. The summed E-state index contributed by atoms with van der Waals surface area (Å²) in [6.45, 7) is 2.47. The Kier molecular flexibility index (Phi) is 5.45. The molecular weight excluding hydrogens is 362 g/mol. The minimum absolute atomic E-state index is 0.193. The van der Waals surface area contributed by atoms with Crippen LogP contribution in [-0.4, -0.2) is 40.0 Å². The van der Waals surface area contributed by atoms with Crippen molar-refractivity contribution in [1.82, 2.24) is 14.6 Å². The van der Waals surface area contributed by atoms with Gasteiger partial charge in [0.2, 0.25) is 0 Å². The van der Waals surface area contributed by atoms with Crippen LogP contribution in [0.3, 0.4) is 0 Å². The molecule has 3 aromatic rings. The maximum atomic E-state index is 11.4. The second kappa shape index (κ2) is 7.76. The van der Waals surface area contributed by atoms with Crippen molar-refractivity contribution in [2.45, 2.75) is 11.9 Å². The summed E-state index contributed by atoms with van der Waals surface area (Å²) < 4.78 is 11.9. The zero-order valence-electron chi connectivity index (χ0n) is 13.7. The average Bonchev–Trinajstić information content (AvgIpc) is 3.06. The molecule has 0 bridgehead atoms. The number of thioether (sulfide) groups is 1. The molecule has 0 saturated carbocycles. The zero-order chi connectivity index (χ0) is 17.8. The number of esters is 1. The number of fused-ring (bicyclic) bond motifs is 1. The first-order chi connectivity index (χ1) is 12.1. The minimum atomic E-state index is -0.299. The fourth-order valence-electron chi connectivity index (χ4n) is 2.27. The molecule has 1 aromatic carbocycles. The summed E-state index contributed by atoms with van der Waals surface area (Å²) in [6, 6.07) is 7.48. The van der Waals surface area contributed by atoms with Gasteiger partial charge in [0.05, 0.1) is 35.7 Å². The molecule has 0 aliphatic rings. The average molecular weight is 378 g/mol. The number of carbonyl (C=O) groups is 1. The molecule has 0 fully saturated rings. The third-order valence-corrected chi connectivity index (χ3v) is 4.70. The predicted molar refractivity (Wildman–Crippen MR) is 97.3 cm³/mol. The van der Waals surface area contributed by atoms with E-state index in [9.17, 15) is 4.79 Å². The molecule has 6 nitrogen and oxygen atoms in total. The van der Waals surface area contributed by atoms with Crippen LogP contribution in [0.2, 0.25) is 5.02 Å². The Morgan fingerprint density at radius 3 is 2.92 bits per heavy atom. The van der Waals surface area contributed by atoms with Gasteiger partial charge in [0.15, 0.2) is 0 Å². The molecule has 0 aliphatic heterocycles. The van der Waals surface area contributed by atoms with Crippen molar-refractivity contribution in [3.05, 3.63) is 41.7 Å². The molecule has 8 heteroatoms. The van der Waals surface area contributed by atoms with Crippen LogP contribution in [0.1, 0.15) is 6.92 Å². The maximum Gasteiger partial charge on any atom is 0.316 e. The standard InChI is InChI=1S/C17H16ClN3O3S/c1-3-24-15-5-4-11(8-12(15)18)13-9-14-17(25-10-16(22)23-2)19-6-7-21(14)20-13/h4-9H,3,10H2,1-2H3. The van der Waals surface area contributed by atoms with E-state index < -0.39 is 0 Å². The molecule has 0 saturated heterocycles. The van der Waals surface area contributed by atoms with Crippen molar-refractivity contribution in [2.24, 2.45) is 0 Å². The summed E-state index contributed by atoms with van der Waals surface area (Å²) in [5.41, 5.74) is 2.45. The number of hydrogen-bond acceptors (Lipinski definition) is 6. The summed E-state index contributed by atoms with van der Waals surface area (Å²) in [7, 11) is 1.36. The Morgan fingerprint density at radius 2 is 2.20 bits per heavy atom. The topological polar surface area (TPSA) is 65.7 Å². The Hall–Kier alpha value is -2.25. The number of methoxy groups -OCH3 is 1. The highest BCUT2D eigenvalue weighted by Crippen LogP contribution is 2.31. The van der Waals surface area contributed by atoms with E-state index in [0.29, 0.717) is 22.4 Å². The van der Waals surface area contributed by atoms with Crippen molar-refractivity contribution >= 4 is 34.8 Å². The van der Waals surface area contributed by atoms with Gasteiger partial charge in [-0.1, -0.05) is 23.4 Å². The fourth-order valence-corrected chi connectivity index (χ4v) is 3.31. The highest BCUT2D eigenvalue weighted by molar-refractivity contribution is 8.00. The summed E-state index contributed by atoms with van der Waals surface area (Å²) in [5.74, 6) is 0.540. The molecule has 0 unspecified atom stereocenters. The Bertz CT molecular complexity index is 913. The lowest BCUT2D eigenvalue weighted by Gasteiger charge is -2.06. The number of halogens is 1. The smallest absolute Gasteiger partial charge is 0.316 e. The number of nitrogens with zero attached hydrogens (tertiary/aromatic N) is 3. The highest BCUT2D eigenvalue weighted by Gasteiger charge is 2.12. The van der Waals surface area contributed by atoms with E-state index in [1.54, 1.807) is 16.9 Å². The molecule has 25 heavy (non-hydrogen) atoms. The van der Waals surface area contributed by atoms with E-state index in [1.807, 2.05) is 31.2 Å². The van der Waals surface area contributed by atoms with E-state index in [2.05, 4.69) is 14.8 Å². The summed E-state index contributed by atoms with van der Waals surface area (Å²) in [6.07, 6.45) is 3.41. The van der Waals surface area contributed by atoms with E-state index in [1.165, 1.54) is 18.9 Å². The molecule has 0 amide bonds. The van der Waals surface area contributed by atoms with Crippen molar-refractivity contribution in [3.8, 4) is 17.0 Å². The van der Waals surface area contributed by atoms with Crippen LogP contribution >= 0.6 is 23.4 Å². The van der Waals surface area contributed by atoms with Crippen LogP contribution in [0, 0.1) is 0 Å². The summed E-state index contributed by atoms with van der Waals surface area (Å²) in [4.78, 5) is 15.7. The van der Waals surface area contributed by atoms with Gasteiger partial charge in [-0.25, -0.2) is 9.50 Å². The van der Waals surface area contributed by atoms with Crippen LogP contribution in [0.5, 0.6) is 5.75 Å². The SMILES string of the molecule is CCOc1ccc(-c2cc3c(SCC(=O)OC)nccn3n2)cc1Cl. The van der Waals surface area contributed by atoms with E-state index in [-0.39, 0.29) is 11.7 Å². The van der Waals surface area contributed by atoms with Crippen LogP contribution in [-0.2, 0) is 9.53 Å². The van der Waals surface area contributed by atoms with E-state index >= 15 is 0 Å². The predicted octanol–water partition coefficient (Wildman–Crippen LogP) is 3.71. The fraction of sp³-hybridized carbons (Fsp3) is 0.235. The first-order valence-corrected chi connectivity index (χ1v) is 8.95. The number of rotatable bonds is 6. The maximum absolute atomic E-state index is 11.4. The first-order valence-electron chi connectivity index (χ1n) is 7.59. The number of aromatic nitrogens is 3. The molecule has 0 spiro atoms. The van der Waals surface area contributed by atoms with Crippen molar-refractivity contribution in [2.75, 3.05) is 19.5 Å². The van der Waals surface area contributed by atoms with Gasteiger partial charge in [0.1, 0.15) is 10.8 Å². The molecule has 130 valence electrons. The molecule has 3 rings (SSSR count). The quantitative estimate of drug-likeness (QED) is 0.482. The Morgan fingerprint density at radius 1 is 1.36 bits per heavy atom. The summed E-state index contributed by atoms with van der Waals surface area (Å²) >= 11 is 7.57. The largest absolute Gasteiger partial charge is 0.492 e. The molecular formula is C17H16ClN3O3S. The lowest BCUT2D eigenvalue weighted by atomic mass is 10.1. The molecule has 2 aromatic heterocycles. The van der Waals surface area contributed by atoms with E-state index in [4.69, 9.17) is 16.3 Å². The molecule has 0 aliphatic carbocycles. The third kappa shape index (κ3) is 3.88. The molecule has 0 radical (unpaired) electrons. The second-order valence-electron chi connectivity index (χ2n) is 5.03. The van der Waals surface area contributed by atoms with Gasteiger partial charge < -0.3 is 9.47 Å². The summed E-state index contributed by atoms with van der Waals surface area (Å²) in [5, 5.41) is 5.80. The zero-order valence-corrected chi connectivity index (χ0v) is 15.3. The number of benzene rings is 1. The van der Waals surface area contributed by atoms with Gasteiger partial charge in [-0.2, -0.15) is 5.10 Å². The minimum Gasteiger partial charge on any atom is -0.492 e. The van der Waals surface area contributed by atoms with Crippen LogP contribution in [0.4, 0.5) is 0 Å². The van der Waals surface area contributed by atoms with Crippen LogP contribution < -0.4 is 4.74 Å². The van der Waals surface area contributed by atoms with Crippen molar-refractivity contribution < 1.29 is 14.3 Å². The van der Waals surface area contributed by atoms with Gasteiger partial charge in [0.25, 0.3) is 0 Å². The molecule has 0 atom stereocenters. The van der Waals surface area contributed by atoms with Gasteiger partial charge in [-0.3, -0.25) is 4.79 Å². The third-order valence-electron chi connectivity index (χ3n) is 3.44. The number of ether oxygens (including phenoxy) is 2. The Balaban J connectivity index is 1.93. The molecule has 2 heterocycles. The van der Waals surface area contributed by atoms with E-state index in [0.717, 1.165) is 16.8 Å². The van der Waals surface area contributed by atoms with Gasteiger partial charge >= 0.3 is 5.97 Å². The van der Waals surface area contributed by atoms with Gasteiger partial charge in [0, 0.05) is 18.0 Å². The second-order valence-corrected chi connectivity index (χ2v) is 6.41. The van der Waals surface area contributed by atoms with Crippen LogP contribution in [0.15, 0.2) is 41.7 Å². The number of hydrogen-bond donors (Lipinski definition) is 0. The first kappa shape index (κ1) is 17.6. The van der Waals surface area contributed by atoms with Gasteiger partial charge in [-0.15, -0.1) is 0 Å². The van der Waals surface area contributed by atoms with Crippen LogP contribution in [0.25, 0.3) is 16.8 Å². The van der Waals surface area contributed by atoms with Crippen molar-refractivity contribution in [3.63, 3.8) is 0 Å². The lowest BCUT2D eigenvalue weighted by Crippen LogP contribution is -2.03. The highest BCUT2D eigenvalue weighted by atomic mass is 35.5. The van der Waals surface area contributed by atoms with Gasteiger partial charge in [-0.05, 0) is 31.2 Å². The normalized spacial score (nSPS) is 10.8. The van der Waals surface area contributed by atoms with Crippen molar-refractivity contribution in [1.29, 1.82) is 0 Å². The lowest BCUT2D eigenvalue weighted by molar-refractivity contribution is -0.137. The Labute approximate surface area is 154 Å². The monoisotopic (exact) mass is 377 g/mol. The molecule has 0 N–H and O–H groups in total.